The number of nitrogens with zero attached hydrogens (tertiary/aromatic N) is 3. The zero-order chi connectivity index (χ0) is 11.8. The average Bonchev–Trinajstić information content (AvgIpc) is 2.06. The number of rotatable bonds is 1. The van der Waals surface area contributed by atoms with E-state index in [9.17, 15) is 20.0 Å². The van der Waals surface area contributed by atoms with Crippen molar-refractivity contribution in [2.75, 3.05) is 0 Å². The maximum absolute atomic E-state index is 11.5. The number of nitro groups is 1. The van der Waals surface area contributed by atoms with Crippen molar-refractivity contribution in [3.8, 4) is 5.75 Å². The van der Waals surface area contributed by atoms with E-state index in [4.69, 9.17) is 0 Å². The van der Waals surface area contributed by atoms with Crippen LogP contribution in [0.25, 0.3) is 0 Å². The Morgan fingerprint density at radius 3 is 2.47 bits per heavy atom. The Balaban J connectivity index is 3.48. The standard InChI is InChI=1S/C8H11N3O4/c1-8(2,3)10-7(13)6(12)5(4-9-10)11(14)15/h4,12H,1-3H3. The minimum absolute atomic E-state index is 0.635. The maximum atomic E-state index is 11.5. The highest BCUT2D eigenvalue weighted by molar-refractivity contribution is 5.40. The van der Waals surface area contributed by atoms with Crippen LogP contribution in [0.2, 0.25) is 0 Å². The van der Waals surface area contributed by atoms with Gasteiger partial charge in [-0.25, -0.2) is 4.68 Å². The molecular formula is C8H11N3O4. The largest absolute Gasteiger partial charge is 0.498 e. The Morgan fingerprint density at radius 1 is 1.53 bits per heavy atom. The van der Waals surface area contributed by atoms with Crippen molar-refractivity contribution in [3.05, 3.63) is 26.7 Å². The lowest BCUT2D eigenvalue weighted by Gasteiger charge is -2.19. The van der Waals surface area contributed by atoms with E-state index in [-0.39, 0.29) is 0 Å². The molecule has 7 heteroatoms. The Kier molecular flexibility index (Phi) is 2.48. The van der Waals surface area contributed by atoms with E-state index >= 15 is 0 Å². The third kappa shape index (κ3) is 1.95. The van der Waals surface area contributed by atoms with Crippen LogP contribution in [0.15, 0.2) is 11.0 Å². The van der Waals surface area contributed by atoms with Crippen LogP contribution in [0, 0.1) is 10.1 Å². The van der Waals surface area contributed by atoms with Gasteiger partial charge in [-0.2, -0.15) is 5.10 Å². The van der Waals surface area contributed by atoms with E-state index in [1.807, 2.05) is 0 Å². The van der Waals surface area contributed by atoms with Crippen LogP contribution >= 0.6 is 0 Å². The fraction of sp³-hybridized carbons (Fsp3) is 0.500. The van der Waals surface area contributed by atoms with Crippen molar-refractivity contribution in [3.63, 3.8) is 0 Å². The molecule has 0 aromatic carbocycles. The molecule has 82 valence electrons. The van der Waals surface area contributed by atoms with Crippen molar-refractivity contribution < 1.29 is 10.0 Å². The smallest absolute Gasteiger partial charge is 0.336 e. The van der Waals surface area contributed by atoms with E-state index in [0.29, 0.717) is 0 Å². The fourth-order valence-electron chi connectivity index (χ4n) is 1.05. The van der Waals surface area contributed by atoms with Crippen molar-refractivity contribution in [1.29, 1.82) is 0 Å². The van der Waals surface area contributed by atoms with Crippen LogP contribution < -0.4 is 5.56 Å². The SMILES string of the molecule is CC(C)(C)n1ncc([N+](=O)[O-])c(O)c1=O. The van der Waals surface area contributed by atoms with Crippen LogP contribution in [-0.4, -0.2) is 19.8 Å². The molecule has 0 fully saturated rings. The quantitative estimate of drug-likeness (QED) is 0.544. The van der Waals surface area contributed by atoms with E-state index in [2.05, 4.69) is 5.10 Å². The van der Waals surface area contributed by atoms with Gasteiger partial charge in [0.1, 0.15) is 6.20 Å². The van der Waals surface area contributed by atoms with Gasteiger partial charge >= 0.3 is 11.2 Å². The van der Waals surface area contributed by atoms with Crippen LogP contribution in [0.5, 0.6) is 5.75 Å². The number of hydrogen-bond acceptors (Lipinski definition) is 5. The molecule has 0 amide bonds. The average molecular weight is 213 g/mol. The first kappa shape index (κ1) is 11.2. The topological polar surface area (TPSA) is 98.3 Å². The Bertz CT molecular complexity index is 458. The van der Waals surface area contributed by atoms with Gasteiger partial charge < -0.3 is 5.11 Å². The van der Waals surface area contributed by atoms with Crippen molar-refractivity contribution in [2.24, 2.45) is 0 Å². The molecule has 0 saturated heterocycles. The summed E-state index contributed by atoms with van der Waals surface area (Å²) in [5.41, 5.74) is -2.18. The summed E-state index contributed by atoms with van der Waals surface area (Å²) < 4.78 is 0.995. The van der Waals surface area contributed by atoms with E-state index < -0.39 is 27.5 Å². The second kappa shape index (κ2) is 3.34. The van der Waals surface area contributed by atoms with Crippen molar-refractivity contribution in [2.45, 2.75) is 26.3 Å². The molecule has 0 atom stereocenters. The molecule has 1 aromatic heterocycles. The number of aromatic nitrogens is 2. The van der Waals surface area contributed by atoms with Gasteiger partial charge in [-0.1, -0.05) is 0 Å². The summed E-state index contributed by atoms with van der Waals surface area (Å²) in [6.45, 7) is 5.10. The lowest BCUT2D eigenvalue weighted by molar-refractivity contribution is -0.386. The van der Waals surface area contributed by atoms with Gasteiger partial charge in [0.15, 0.2) is 0 Å². The summed E-state index contributed by atoms with van der Waals surface area (Å²) in [4.78, 5) is 21.0. The lowest BCUT2D eigenvalue weighted by atomic mass is 10.1. The Hall–Kier alpha value is -1.92. The van der Waals surface area contributed by atoms with Gasteiger partial charge in [-0.15, -0.1) is 0 Å². The summed E-state index contributed by atoms with van der Waals surface area (Å²) >= 11 is 0. The molecule has 15 heavy (non-hydrogen) atoms. The molecule has 0 radical (unpaired) electrons. The van der Waals surface area contributed by atoms with E-state index in [1.165, 1.54) is 0 Å². The molecule has 0 bridgehead atoms. The number of aromatic hydroxyl groups is 1. The first-order valence-corrected chi connectivity index (χ1v) is 4.21. The minimum Gasteiger partial charge on any atom is -0.498 e. The minimum atomic E-state index is -0.884. The molecule has 1 aromatic rings. The van der Waals surface area contributed by atoms with Gasteiger partial charge in [-0.05, 0) is 20.8 Å². The molecule has 1 rings (SSSR count). The summed E-state index contributed by atoms with van der Waals surface area (Å²) in [7, 11) is 0. The van der Waals surface area contributed by atoms with E-state index in [0.717, 1.165) is 10.9 Å². The van der Waals surface area contributed by atoms with Crippen LogP contribution in [-0.2, 0) is 5.54 Å². The third-order valence-electron chi connectivity index (χ3n) is 1.77. The highest BCUT2D eigenvalue weighted by Crippen LogP contribution is 2.20. The van der Waals surface area contributed by atoms with Gasteiger partial charge in [0.2, 0.25) is 0 Å². The van der Waals surface area contributed by atoms with Gasteiger partial charge in [0.05, 0.1) is 10.5 Å². The summed E-state index contributed by atoms with van der Waals surface area (Å²) in [5, 5.41) is 23.3. The zero-order valence-corrected chi connectivity index (χ0v) is 8.59. The molecular weight excluding hydrogens is 202 g/mol. The fourth-order valence-corrected chi connectivity index (χ4v) is 1.05. The molecule has 0 spiro atoms. The summed E-state index contributed by atoms with van der Waals surface area (Å²) in [6, 6.07) is 0. The molecule has 1 N–H and O–H groups in total. The van der Waals surface area contributed by atoms with Crippen LogP contribution in [0.3, 0.4) is 0 Å². The molecule has 7 nitrogen and oxygen atoms in total. The van der Waals surface area contributed by atoms with Gasteiger partial charge in [0, 0.05) is 0 Å². The van der Waals surface area contributed by atoms with Crippen LogP contribution in [0.4, 0.5) is 5.69 Å². The van der Waals surface area contributed by atoms with E-state index in [1.54, 1.807) is 20.8 Å². The maximum Gasteiger partial charge on any atom is 0.336 e. The first-order chi connectivity index (χ1) is 6.75. The monoisotopic (exact) mass is 213 g/mol. The van der Waals surface area contributed by atoms with Gasteiger partial charge in [-0.3, -0.25) is 14.9 Å². The second-order valence-electron chi connectivity index (χ2n) is 4.02. The predicted octanol–water partition coefficient (Wildman–Crippen LogP) is 0.612. The molecule has 0 unspecified atom stereocenters. The van der Waals surface area contributed by atoms with Crippen molar-refractivity contribution in [1.82, 2.24) is 9.78 Å². The molecule has 0 saturated carbocycles. The predicted molar refractivity (Wildman–Crippen MR) is 51.8 cm³/mol. The normalized spacial score (nSPS) is 11.4. The lowest BCUT2D eigenvalue weighted by Crippen LogP contribution is -2.35. The molecule has 0 aliphatic rings. The van der Waals surface area contributed by atoms with Crippen molar-refractivity contribution >= 4 is 5.69 Å². The molecule has 1 heterocycles. The third-order valence-corrected chi connectivity index (χ3v) is 1.77. The highest BCUT2D eigenvalue weighted by Gasteiger charge is 2.24. The Morgan fingerprint density at radius 2 is 2.07 bits per heavy atom. The molecule has 0 aliphatic carbocycles. The van der Waals surface area contributed by atoms with Crippen LogP contribution in [0.1, 0.15) is 20.8 Å². The molecule has 0 aliphatic heterocycles. The summed E-state index contributed by atoms with van der Waals surface area (Å²) in [5.74, 6) is -0.884. The first-order valence-electron chi connectivity index (χ1n) is 4.21. The van der Waals surface area contributed by atoms with Gasteiger partial charge in [0.25, 0.3) is 5.75 Å². The Labute approximate surface area is 85.1 Å². The highest BCUT2D eigenvalue weighted by atomic mass is 16.6. The summed E-state index contributed by atoms with van der Waals surface area (Å²) in [6.07, 6.45) is 0.863. The zero-order valence-electron chi connectivity index (χ0n) is 8.59. The second-order valence-corrected chi connectivity index (χ2v) is 4.02. The number of hydrogen-bond donors (Lipinski definition) is 1.